The minimum atomic E-state index is -0.349. The van der Waals surface area contributed by atoms with Crippen LogP contribution in [0.4, 0.5) is 0 Å². The van der Waals surface area contributed by atoms with Crippen molar-refractivity contribution in [1.82, 2.24) is 30.0 Å². The van der Waals surface area contributed by atoms with Crippen molar-refractivity contribution >= 4 is 17.7 Å². The van der Waals surface area contributed by atoms with E-state index in [-0.39, 0.29) is 23.7 Å². The standard InChI is InChI=1S/C19H22N6O2S/c1-10-8-11(2)22-17(26)13(10)9-20-18(27)16-12(3)15(23-19(24-16)28-5)14-6-7-21-25(14)4/h6-8H,9H2,1-5H3,(H,20,27)(H,22,26). The fraction of sp³-hybridized carbons (Fsp3) is 0.316. The van der Waals surface area contributed by atoms with Gasteiger partial charge in [0.2, 0.25) is 0 Å². The van der Waals surface area contributed by atoms with E-state index in [2.05, 4.69) is 25.4 Å². The van der Waals surface area contributed by atoms with Gasteiger partial charge in [-0.1, -0.05) is 11.8 Å². The van der Waals surface area contributed by atoms with Crippen molar-refractivity contribution in [3.05, 3.63) is 56.8 Å². The van der Waals surface area contributed by atoms with Crippen LogP contribution in [-0.2, 0) is 13.6 Å². The minimum Gasteiger partial charge on any atom is -0.346 e. The first kappa shape index (κ1) is 19.8. The van der Waals surface area contributed by atoms with Crippen LogP contribution < -0.4 is 10.9 Å². The molecule has 3 heterocycles. The molecule has 1 amide bonds. The van der Waals surface area contributed by atoms with E-state index in [0.29, 0.717) is 22.0 Å². The van der Waals surface area contributed by atoms with Crippen molar-refractivity contribution in [2.24, 2.45) is 7.05 Å². The summed E-state index contributed by atoms with van der Waals surface area (Å²) in [7, 11) is 1.82. The highest BCUT2D eigenvalue weighted by Crippen LogP contribution is 2.25. The van der Waals surface area contributed by atoms with Gasteiger partial charge in [-0.05, 0) is 44.7 Å². The smallest absolute Gasteiger partial charge is 0.270 e. The molecule has 0 radical (unpaired) electrons. The zero-order valence-corrected chi connectivity index (χ0v) is 17.3. The predicted octanol–water partition coefficient (Wildman–Crippen LogP) is 2.14. The van der Waals surface area contributed by atoms with E-state index in [1.807, 2.05) is 46.2 Å². The van der Waals surface area contributed by atoms with E-state index in [4.69, 9.17) is 0 Å². The van der Waals surface area contributed by atoms with E-state index < -0.39 is 0 Å². The molecule has 0 saturated heterocycles. The van der Waals surface area contributed by atoms with Gasteiger partial charge >= 0.3 is 0 Å². The van der Waals surface area contributed by atoms with Gasteiger partial charge in [-0.25, -0.2) is 9.97 Å². The molecule has 3 aromatic rings. The summed E-state index contributed by atoms with van der Waals surface area (Å²) in [5, 5.41) is 7.49. The number of aromatic amines is 1. The summed E-state index contributed by atoms with van der Waals surface area (Å²) in [4.78, 5) is 36.7. The number of H-pyrrole nitrogens is 1. The van der Waals surface area contributed by atoms with E-state index in [1.54, 1.807) is 10.9 Å². The maximum atomic E-state index is 12.9. The third kappa shape index (κ3) is 3.84. The largest absolute Gasteiger partial charge is 0.346 e. The lowest BCUT2D eigenvalue weighted by atomic mass is 10.1. The lowest BCUT2D eigenvalue weighted by molar-refractivity contribution is 0.0944. The second-order valence-corrected chi connectivity index (χ2v) is 7.27. The van der Waals surface area contributed by atoms with E-state index in [0.717, 1.165) is 17.0 Å². The zero-order valence-electron chi connectivity index (χ0n) is 16.5. The van der Waals surface area contributed by atoms with Crippen molar-refractivity contribution in [1.29, 1.82) is 0 Å². The van der Waals surface area contributed by atoms with Crippen molar-refractivity contribution in [3.63, 3.8) is 0 Å². The number of aryl methyl sites for hydroxylation is 3. The molecule has 2 N–H and O–H groups in total. The first-order valence-corrected chi connectivity index (χ1v) is 9.93. The Labute approximate surface area is 166 Å². The highest BCUT2D eigenvalue weighted by atomic mass is 32.2. The van der Waals surface area contributed by atoms with Gasteiger partial charge < -0.3 is 10.3 Å². The quantitative estimate of drug-likeness (QED) is 0.504. The zero-order chi connectivity index (χ0) is 20.4. The summed E-state index contributed by atoms with van der Waals surface area (Å²) >= 11 is 1.36. The van der Waals surface area contributed by atoms with Crippen LogP contribution in [0.15, 0.2) is 28.3 Å². The Morgan fingerprint density at radius 3 is 2.64 bits per heavy atom. The van der Waals surface area contributed by atoms with Crippen molar-refractivity contribution in [2.75, 3.05) is 6.26 Å². The number of nitrogens with zero attached hydrogens (tertiary/aromatic N) is 4. The molecule has 0 unspecified atom stereocenters. The fourth-order valence-corrected chi connectivity index (χ4v) is 3.38. The van der Waals surface area contributed by atoms with Crippen LogP contribution in [0.25, 0.3) is 11.4 Å². The molecular weight excluding hydrogens is 376 g/mol. The number of nitrogens with one attached hydrogen (secondary N) is 2. The van der Waals surface area contributed by atoms with Gasteiger partial charge in [0.25, 0.3) is 11.5 Å². The molecule has 3 aromatic heterocycles. The molecule has 0 aliphatic heterocycles. The lowest BCUT2D eigenvalue weighted by Gasteiger charge is -2.13. The summed E-state index contributed by atoms with van der Waals surface area (Å²) in [5.74, 6) is -0.349. The third-order valence-corrected chi connectivity index (χ3v) is 5.05. The summed E-state index contributed by atoms with van der Waals surface area (Å²) in [6.45, 7) is 5.61. The Hall–Kier alpha value is -2.94. The van der Waals surface area contributed by atoms with Crippen molar-refractivity contribution < 1.29 is 4.79 Å². The van der Waals surface area contributed by atoms with Crippen molar-refractivity contribution in [3.8, 4) is 11.4 Å². The van der Waals surface area contributed by atoms with Crippen LogP contribution in [0.5, 0.6) is 0 Å². The highest BCUT2D eigenvalue weighted by molar-refractivity contribution is 7.98. The second kappa shape index (κ2) is 7.97. The summed E-state index contributed by atoms with van der Waals surface area (Å²) in [6.07, 6.45) is 3.54. The molecule has 146 valence electrons. The number of pyridine rings is 1. The molecule has 0 aliphatic rings. The lowest BCUT2D eigenvalue weighted by Crippen LogP contribution is -2.29. The average molecular weight is 398 g/mol. The number of amides is 1. The van der Waals surface area contributed by atoms with Crippen LogP contribution in [0.1, 0.15) is 32.9 Å². The van der Waals surface area contributed by atoms with Gasteiger partial charge in [-0.2, -0.15) is 5.10 Å². The maximum absolute atomic E-state index is 12.9. The Morgan fingerprint density at radius 1 is 1.29 bits per heavy atom. The molecule has 0 aliphatic carbocycles. The third-order valence-electron chi connectivity index (χ3n) is 4.51. The highest BCUT2D eigenvalue weighted by Gasteiger charge is 2.20. The first-order chi connectivity index (χ1) is 13.3. The van der Waals surface area contributed by atoms with Gasteiger partial charge in [0, 0.05) is 36.6 Å². The summed E-state index contributed by atoms with van der Waals surface area (Å²) in [5.41, 5.74) is 4.37. The molecule has 0 aromatic carbocycles. The molecule has 0 fully saturated rings. The van der Waals surface area contributed by atoms with Crippen LogP contribution in [0.2, 0.25) is 0 Å². The fourth-order valence-electron chi connectivity index (χ4n) is 3.02. The molecule has 0 saturated carbocycles. The molecule has 3 rings (SSSR count). The van der Waals surface area contributed by atoms with Crippen LogP contribution in [0.3, 0.4) is 0 Å². The van der Waals surface area contributed by atoms with E-state index in [9.17, 15) is 9.59 Å². The first-order valence-electron chi connectivity index (χ1n) is 8.70. The maximum Gasteiger partial charge on any atom is 0.270 e. The van der Waals surface area contributed by atoms with Gasteiger partial charge in [-0.15, -0.1) is 0 Å². The molecule has 0 bridgehead atoms. The minimum absolute atomic E-state index is 0.124. The number of hydrogen-bond donors (Lipinski definition) is 2. The number of carbonyl (C=O) groups excluding carboxylic acids is 1. The van der Waals surface area contributed by atoms with E-state index >= 15 is 0 Å². The monoisotopic (exact) mass is 398 g/mol. The number of thioether (sulfide) groups is 1. The number of rotatable bonds is 5. The molecule has 0 spiro atoms. The van der Waals surface area contributed by atoms with Crippen LogP contribution in [-0.4, -0.2) is 36.9 Å². The molecule has 8 nitrogen and oxygen atoms in total. The van der Waals surface area contributed by atoms with Crippen molar-refractivity contribution in [2.45, 2.75) is 32.5 Å². The Balaban J connectivity index is 1.94. The van der Waals surface area contributed by atoms with Crippen LogP contribution in [0, 0.1) is 20.8 Å². The Bertz CT molecular complexity index is 1100. The number of hydrogen-bond acceptors (Lipinski definition) is 6. The second-order valence-electron chi connectivity index (χ2n) is 6.50. The molecule has 9 heteroatoms. The summed E-state index contributed by atoms with van der Waals surface area (Å²) in [6, 6.07) is 3.72. The van der Waals surface area contributed by atoms with Gasteiger partial charge in [0.1, 0.15) is 5.69 Å². The van der Waals surface area contributed by atoms with Gasteiger partial charge in [0.05, 0.1) is 11.4 Å². The van der Waals surface area contributed by atoms with Crippen LogP contribution >= 0.6 is 11.8 Å². The summed E-state index contributed by atoms with van der Waals surface area (Å²) < 4.78 is 1.70. The SMILES string of the molecule is CSc1nc(C(=O)NCc2c(C)cc(C)[nH]c2=O)c(C)c(-c2ccnn2C)n1. The average Bonchev–Trinajstić information content (AvgIpc) is 3.06. The predicted molar refractivity (Wildman–Crippen MR) is 108 cm³/mol. The number of aromatic nitrogens is 5. The number of carbonyl (C=O) groups is 1. The topological polar surface area (TPSA) is 106 Å². The van der Waals surface area contributed by atoms with E-state index in [1.165, 1.54) is 11.8 Å². The molecule has 28 heavy (non-hydrogen) atoms. The normalized spacial score (nSPS) is 10.9. The Morgan fingerprint density at radius 2 is 2.04 bits per heavy atom. The van der Waals surface area contributed by atoms with Gasteiger partial charge in [-0.3, -0.25) is 14.3 Å². The van der Waals surface area contributed by atoms with Gasteiger partial charge in [0.15, 0.2) is 5.16 Å². The molecule has 0 atom stereocenters. The molecular formula is C19H22N6O2S. The Kier molecular flexibility index (Phi) is 5.64.